The summed E-state index contributed by atoms with van der Waals surface area (Å²) in [5.74, 6) is 1.04. The van der Waals surface area contributed by atoms with Gasteiger partial charge in [-0.25, -0.2) is 0 Å². The molecule has 2 aromatic carbocycles. The van der Waals surface area contributed by atoms with Crippen LogP contribution in [-0.4, -0.2) is 15.7 Å². The van der Waals surface area contributed by atoms with Crippen molar-refractivity contribution in [1.29, 1.82) is 0 Å². The molecule has 0 aliphatic heterocycles. The maximum Gasteiger partial charge on any atom is 0.276 e. The molecule has 1 amide bonds. The van der Waals surface area contributed by atoms with Gasteiger partial charge < -0.3 is 10.1 Å². The van der Waals surface area contributed by atoms with E-state index in [0.29, 0.717) is 22.9 Å². The monoisotopic (exact) mass is 321 g/mol. The maximum atomic E-state index is 12.5. The van der Waals surface area contributed by atoms with E-state index in [-0.39, 0.29) is 5.91 Å². The Balaban J connectivity index is 1.81. The number of anilines is 1. The Kier molecular flexibility index (Phi) is 4.61. The maximum absolute atomic E-state index is 12.5. The van der Waals surface area contributed by atoms with E-state index in [4.69, 9.17) is 4.74 Å². The topological polar surface area (TPSA) is 56.2 Å². The Labute approximate surface area is 140 Å². The predicted octanol–water partition coefficient (Wildman–Crippen LogP) is 4.26. The van der Waals surface area contributed by atoms with Crippen LogP contribution in [-0.2, 0) is 6.54 Å². The highest BCUT2D eigenvalue weighted by Gasteiger charge is 2.14. The van der Waals surface area contributed by atoms with Crippen molar-refractivity contribution >= 4 is 11.6 Å². The van der Waals surface area contributed by atoms with Crippen LogP contribution in [0.4, 0.5) is 5.69 Å². The van der Waals surface area contributed by atoms with Crippen molar-refractivity contribution in [3.8, 4) is 11.5 Å². The zero-order chi connectivity index (χ0) is 16.9. The normalized spacial score (nSPS) is 10.4. The van der Waals surface area contributed by atoms with Crippen LogP contribution in [0.1, 0.15) is 23.1 Å². The third-order valence-corrected chi connectivity index (χ3v) is 3.62. The number of hydrogen-bond donors (Lipinski definition) is 1. The zero-order valence-corrected chi connectivity index (χ0v) is 13.7. The lowest BCUT2D eigenvalue weighted by atomic mass is 10.2. The Morgan fingerprint density at radius 2 is 1.83 bits per heavy atom. The first-order chi connectivity index (χ1) is 11.7. The Hall–Kier alpha value is -3.08. The molecule has 0 aliphatic rings. The van der Waals surface area contributed by atoms with Crippen LogP contribution in [0.2, 0.25) is 0 Å². The minimum atomic E-state index is -0.255. The predicted molar refractivity (Wildman–Crippen MR) is 93.5 cm³/mol. The van der Waals surface area contributed by atoms with Gasteiger partial charge in [-0.15, -0.1) is 0 Å². The Morgan fingerprint density at radius 3 is 2.54 bits per heavy atom. The number of nitrogens with one attached hydrogen (secondary N) is 1. The number of nitrogens with zero attached hydrogens (tertiary/aromatic N) is 2. The summed E-state index contributed by atoms with van der Waals surface area (Å²) in [6, 6.07) is 18.6. The molecule has 24 heavy (non-hydrogen) atoms. The second-order valence-electron chi connectivity index (χ2n) is 5.35. The van der Waals surface area contributed by atoms with Crippen LogP contribution in [0.25, 0.3) is 0 Å². The van der Waals surface area contributed by atoms with Crippen molar-refractivity contribution in [3.63, 3.8) is 0 Å². The molecule has 0 fully saturated rings. The van der Waals surface area contributed by atoms with E-state index in [0.717, 1.165) is 12.2 Å². The van der Waals surface area contributed by atoms with Gasteiger partial charge in [-0.1, -0.05) is 30.3 Å². The van der Waals surface area contributed by atoms with Gasteiger partial charge in [-0.3, -0.25) is 9.48 Å². The summed E-state index contributed by atoms with van der Waals surface area (Å²) < 4.78 is 7.65. The lowest BCUT2D eigenvalue weighted by Crippen LogP contribution is -2.13. The van der Waals surface area contributed by atoms with Crippen LogP contribution < -0.4 is 10.1 Å². The molecular formula is C19H19N3O2. The van der Waals surface area contributed by atoms with Gasteiger partial charge in [0.05, 0.1) is 5.69 Å². The van der Waals surface area contributed by atoms with Crippen molar-refractivity contribution < 1.29 is 9.53 Å². The summed E-state index contributed by atoms with van der Waals surface area (Å²) in [5.41, 5.74) is 1.95. The number of amides is 1. The van der Waals surface area contributed by atoms with Crippen molar-refractivity contribution in [2.75, 3.05) is 5.32 Å². The van der Waals surface area contributed by atoms with Crippen molar-refractivity contribution in [3.05, 3.63) is 72.1 Å². The van der Waals surface area contributed by atoms with Crippen LogP contribution in [0.15, 0.2) is 60.7 Å². The third-order valence-electron chi connectivity index (χ3n) is 3.62. The Morgan fingerprint density at radius 1 is 1.12 bits per heavy atom. The number of carbonyl (C=O) groups is 1. The number of hydrogen-bond acceptors (Lipinski definition) is 3. The molecule has 0 spiro atoms. The molecular weight excluding hydrogens is 302 g/mol. The van der Waals surface area contributed by atoms with E-state index >= 15 is 0 Å². The second kappa shape index (κ2) is 7.00. The first-order valence-electron chi connectivity index (χ1n) is 7.85. The largest absolute Gasteiger partial charge is 0.455 e. The molecule has 5 nitrogen and oxygen atoms in total. The van der Waals surface area contributed by atoms with Gasteiger partial charge in [-0.2, -0.15) is 5.10 Å². The van der Waals surface area contributed by atoms with Gasteiger partial charge in [-0.05, 0) is 44.2 Å². The number of aryl methyl sites for hydroxylation is 2. The van der Waals surface area contributed by atoms with Crippen LogP contribution in [0.5, 0.6) is 11.5 Å². The number of aromatic nitrogens is 2. The molecule has 0 unspecified atom stereocenters. The van der Waals surface area contributed by atoms with Crippen LogP contribution in [0.3, 0.4) is 0 Å². The highest BCUT2D eigenvalue weighted by molar-refractivity contribution is 6.03. The number of carbonyl (C=O) groups excluding carboxylic acids is 1. The quantitative estimate of drug-likeness (QED) is 0.764. The summed E-state index contributed by atoms with van der Waals surface area (Å²) >= 11 is 0. The number of ether oxygens (including phenoxy) is 1. The van der Waals surface area contributed by atoms with Gasteiger partial charge in [0, 0.05) is 12.2 Å². The van der Waals surface area contributed by atoms with Gasteiger partial charge in [0.1, 0.15) is 5.75 Å². The minimum absolute atomic E-state index is 0.255. The molecule has 0 saturated carbocycles. The van der Waals surface area contributed by atoms with Gasteiger partial charge in [0.15, 0.2) is 11.4 Å². The van der Waals surface area contributed by atoms with Crippen LogP contribution in [0, 0.1) is 6.92 Å². The van der Waals surface area contributed by atoms with Crippen molar-refractivity contribution in [2.45, 2.75) is 20.4 Å². The zero-order valence-electron chi connectivity index (χ0n) is 13.7. The highest BCUT2D eigenvalue weighted by Crippen LogP contribution is 2.29. The molecule has 0 saturated heterocycles. The molecule has 0 atom stereocenters. The van der Waals surface area contributed by atoms with E-state index in [9.17, 15) is 4.79 Å². The molecule has 3 rings (SSSR count). The fourth-order valence-corrected chi connectivity index (χ4v) is 2.40. The summed E-state index contributed by atoms with van der Waals surface area (Å²) in [6.07, 6.45) is 0. The smallest absolute Gasteiger partial charge is 0.276 e. The molecule has 1 aromatic heterocycles. The SMILES string of the molecule is CCn1nc(C(=O)Nc2ccccc2Oc2ccccc2)cc1C. The van der Waals surface area contributed by atoms with Gasteiger partial charge >= 0.3 is 0 Å². The average Bonchev–Trinajstić information content (AvgIpc) is 2.98. The number of benzene rings is 2. The number of para-hydroxylation sites is 3. The van der Waals surface area contributed by atoms with Gasteiger partial charge in [0.25, 0.3) is 5.91 Å². The third kappa shape index (κ3) is 3.46. The standard InChI is InChI=1S/C19H19N3O2/c1-3-22-14(2)13-17(21-22)19(23)20-16-11-7-8-12-18(16)24-15-9-5-4-6-10-15/h4-13H,3H2,1-2H3,(H,20,23). The molecule has 1 heterocycles. The van der Waals surface area contributed by atoms with E-state index in [2.05, 4.69) is 10.4 Å². The minimum Gasteiger partial charge on any atom is -0.455 e. The summed E-state index contributed by atoms with van der Waals surface area (Å²) in [6.45, 7) is 4.65. The summed E-state index contributed by atoms with van der Waals surface area (Å²) in [4.78, 5) is 12.5. The van der Waals surface area contributed by atoms with Gasteiger partial charge in [0.2, 0.25) is 0 Å². The summed E-state index contributed by atoms with van der Waals surface area (Å²) in [7, 11) is 0. The van der Waals surface area contributed by atoms with Crippen molar-refractivity contribution in [2.24, 2.45) is 0 Å². The van der Waals surface area contributed by atoms with Crippen molar-refractivity contribution in [1.82, 2.24) is 9.78 Å². The van der Waals surface area contributed by atoms with E-state index in [1.54, 1.807) is 16.8 Å². The lowest BCUT2D eigenvalue weighted by molar-refractivity contribution is 0.102. The molecule has 0 aliphatic carbocycles. The molecule has 1 N–H and O–H groups in total. The fourth-order valence-electron chi connectivity index (χ4n) is 2.40. The molecule has 0 bridgehead atoms. The van der Waals surface area contributed by atoms with E-state index < -0.39 is 0 Å². The average molecular weight is 321 g/mol. The first kappa shape index (κ1) is 15.8. The molecule has 5 heteroatoms. The highest BCUT2D eigenvalue weighted by atomic mass is 16.5. The molecule has 122 valence electrons. The summed E-state index contributed by atoms with van der Waals surface area (Å²) in [5, 5.41) is 7.17. The molecule has 0 radical (unpaired) electrons. The van der Waals surface area contributed by atoms with E-state index in [1.807, 2.05) is 62.4 Å². The lowest BCUT2D eigenvalue weighted by Gasteiger charge is -2.11. The second-order valence-corrected chi connectivity index (χ2v) is 5.35. The number of rotatable bonds is 5. The fraction of sp³-hybridized carbons (Fsp3) is 0.158. The Bertz CT molecular complexity index is 841. The van der Waals surface area contributed by atoms with E-state index in [1.165, 1.54) is 0 Å². The van der Waals surface area contributed by atoms with Crippen LogP contribution >= 0.6 is 0 Å². The first-order valence-corrected chi connectivity index (χ1v) is 7.85. The molecule has 3 aromatic rings.